The second-order valence-corrected chi connectivity index (χ2v) is 7.37. The van der Waals surface area contributed by atoms with E-state index in [2.05, 4.69) is 4.72 Å². The molecule has 1 heterocycles. The molecule has 1 aromatic rings. The molecule has 0 saturated carbocycles. The normalized spacial score (nSPS) is 16.8. The van der Waals surface area contributed by atoms with Crippen molar-refractivity contribution in [3.8, 4) is 0 Å². The zero-order valence-electron chi connectivity index (χ0n) is 13.1. The van der Waals surface area contributed by atoms with Crippen molar-refractivity contribution in [2.75, 3.05) is 31.9 Å². The van der Waals surface area contributed by atoms with Gasteiger partial charge in [0.05, 0.1) is 5.69 Å². The number of nitrogens with one attached hydrogen (secondary N) is 1. The Morgan fingerprint density at radius 1 is 1.14 bits per heavy atom. The molecule has 1 fully saturated rings. The lowest BCUT2D eigenvalue weighted by Gasteiger charge is -2.21. The molecular weight excluding hydrogens is 302 g/mol. The summed E-state index contributed by atoms with van der Waals surface area (Å²) in [6.45, 7) is 1.09. The molecule has 122 valence electrons. The van der Waals surface area contributed by atoms with Crippen LogP contribution in [0.1, 0.15) is 36.0 Å². The molecular formula is C15H23N3O3S. The molecule has 0 atom stereocenters. The highest BCUT2D eigenvalue weighted by atomic mass is 32.2. The number of carbonyl (C=O) groups is 1. The second kappa shape index (κ2) is 7.11. The average molecular weight is 325 g/mol. The van der Waals surface area contributed by atoms with Gasteiger partial charge >= 0.3 is 10.2 Å². The van der Waals surface area contributed by atoms with E-state index in [0.717, 1.165) is 25.7 Å². The maximum atomic E-state index is 12.4. The van der Waals surface area contributed by atoms with E-state index in [9.17, 15) is 13.2 Å². The van der Waals surface area contributed by atoms with Gasteiger partial charge in [0.25, 0.3) is 5.91 Å². The zero-order chi connectivity index (χ0) is 16.2. The van der Waals surface area contributed by atoms with Crippen LogP contribution in [0.25, 0.3) is 0 Å². The van der Waals surface area contributed by atoms with E-state index in [1.54, 1.807) is 38.4 Å². The predicted octanol–water partition coefficient (Wildman–Crippen LogP) is 1.92. The average Bonchev–Trinajstić information content (AvgIpc) is 2.75. The summed E-state index contributed by atoms with van der Waals surface area (Å²) in [7, 11) is -0.238. The molecule has 22 heavy (non-hydrogen) atoms. The number of amides is 1. The maximum absolute atomic E-state index is 12.4. The first-order valence-corrected chi connectivity index (χ1v) is 8.94. The Balaban J connectivity index is 2.15. The Kier molecular flexibility index (Phi) is 5.42. The number of benzene rings is 1. The molecule has 1 aromatic carbocycles. The molecule has 0 radical (unpaired) electrons. The Bertz CT molecular complexity index is 621. The molecule has 0 bridgehead atoms. The molecule has 2 rings (SSSR count). The van der Waals surface area contributed by atoms with Gasteiger partial charge < -0.3 is 4.90 Å². The van der Waals surface area contributed by atoms with Gasteiger partial charge in [-0.2, -0.15) is 12.7 Å². The Morgan fingerprint density at radius 3 is 2.36 bits per heavy atom. The van der Waals surface area contributed by atoms with Crippen LogP contribution in [0.3, 0.4) is 0 Å². The minimum atomic E-state index is -3.56. The maximum Gasteiger partial charge on any atom is 0.301 e. The number of hydrogen-bond donors (Lipinski definition) is 1. The summed E-state index contributed by atoms with van der Waals surface area (Å²) < 4.78 is 28.9. The van der Waals surface area contributed by atoms with Crippen LogP contribution in [-0.2, 0) is 10.2 Å². The van der Waals surface area contributed by atoms with Crippen molar-refractivity contribution in [2.24, 2.45) is 0 Å². The third kappa shape index (κ3) is 4.20. The van der Waals surface area contributed by atoms with Crippen molar-refractivity contribution in [3.05, 3.63) is 29.8 Å². The largest absolute Gasteiger partial charge is 0.345 e. The standard InChI is InChI=1S/C15H23N3O3S/c1-17(2)15(19)13-8-7-9-14(12-13)16-22(20,21)18-10-5-3-4-6-11-18/h7-9,12,16H,3-6,10-11H2,1-2H3. The van der Waals surface area contributed by atoms with E-state index in [4.69, 9.17) is 0 Å². The van der Waals surface area contributed by atoms with Crippen LogP contribution in [0.2, 0.25) is 0 Å². The van der Waals surface area contributed by atoms with E-state index in [1.165, 1.54) is 9.21 Å². The van der Waals surface area contributed by atoms with Gasteiger partial charge in [-0.15, -0.1) is 0 Å². The first-order chi connectivity index (χ1) is 10.4. The number of rotatable bonds is 4. The highest BCUT2D eigenvalue weighted by Crippen LogP contribution is 2.18. The summed E-state index contributed by atoms with van der Waals surface area (Å²) in [5.41, 5.74) is 0.873. The fourth-order valence-electron chi connectivity index (χ4n) is 2.47. The second-order valence-electron chi connectivity index (χ2n) is 5.70. The topological polar surface area (TPSA) is 69.7 Å². The summed E-state index contributed by atoms with van der Waals surface area (Å²) in [6, 6.07) is 6.57. The van der Waals surface area contributed by atoms with Gasteiger partial charge in [0.15, 0.2) is 0 Å². The lowest BCUT2D eigenvalue weighted by Crippen LogP contribution is -2.36. The molecule has 1 aliphatic rings. The van der Waals surface area contributed by atoms with Crippen LogP contribution in [-0.4, -0.2) is 50.7 Å². The van der Waals surface area contributed by atoms with E-state index in [-0.39, 0.29) is 5.91 Å². The van der Waals surface area contributed by atoms with Crippen molar-refractivity contribution in [1.82, 2.24) is 9.21 Å². The highest BCUT2D eigenvalue weighted by molar-refractivity contribution is 7.90. The molecule has 7 heteroatoms. The number of carbonyl (C=O) groups excluding carboxylic acids is 1. The van der Waals surface area contributed by atoms with Crippen molar-refractivity contribution in [1.29, 1.82) is 0 Å². The van der Waals surface area contributed by atoms with Gasteiger partial charge in [0.2, 0.25) is 0 Å². The van der Waals surface area contributed by atoms with Gasteiger partial charge in [-0.3, -0.25) is 9.52 Å². The molecule has 1 saturated heterocycles. The van der Waals surface area contributed by atoms with Crippen LogP contribution >= 0.6 is 0 Å². The summed E-state index contributed by atoms with van der Waals surface area (Å²) in [4.78, 5) is 13.4. The SMILES string of the molecule is CN(C)C(=O)c1cccc(NS(=O)(=O)N2CCCCCC2)c1. The highest BCUT2D eigenvalue weighted by Gasteiger charge is 2.23. The first-order valence-electron chi connectivity index (χ1n) is 7.50. The summed E-state index contributed by atoms with van der Waals surface area (Å²) >= 11 is 0. The molecule has 1 amide bonds. The summed E-state index contributed by atoms with van der Waals surface area (Å²) in [6.07, 6.45) is 3.91. The lowest BCUT2D eigenvalue weighted by molar-refractivity contribution is 0.0827. The Hall–Kier alpha value is -1.60. The molecule has 1 aliphatic heterocycles. The van der Waals surface area contributed by atoms with Crippen molar-refractivity contribution >= 4 is 21.8 Å². The third-order valence-corrected chi connectivity index (χ3v) is 5.21. The minimum Gasteiger partial charge on any atom is -0.345 e. The number of hydrogen-bond acceptors (Lipinski definition) is 3. The number of nitrogens with zero attached hydrogens (tertiary/aromatic N) is 2. The zero-order valence-corrected chi connectivity index (χ0v) is 13.9. The van der Waals surface area contributed by atoms with Gasteiger partial charge in [-0.1, -0.05) is 18.9 Å². The molecule has 0 aliphatic carbocycles. The van der Waals surface area contributed by atoms with Crippen LogP contribution in [0, 0.1) is 0 Å². The van der Waals surface area contributed by atoms with Gasteiger partial charge in [0, 0.05) is 32.7 Å². The molecule has 1 N–H and O–H groups in total. The van der Waals surface area contributed by atoms with E-state index in [0.29, 0.717) is 24.3 Å². The van der Waals surface area contributed by atoms with Crippen LogP contribution in [0.5, 0.6) is 0 Å². The molecule has 6 nitrogen and oxygen atoms in total. The summed E-state index contributed by atoms with van der Waals surface area (Å²) in [5, 5.41) is 0. The molecule has 0 unspecified atom stereocenters. The fraction of sp³-hybridized carbons (Fsp3) is 0.533. The minimum absolute atomic E-state index is 0.157. The van der Waals surface area contributed by atoms with Crippen LogP contribution in [0.15, 0.2) is 24.3 Å². The van der Waals surface area contributed by atoms with E-state index < -0.39 is 10.2 Å². The van der Waals surface area contributed by atoms with Gasteiger partial charge in [-0.25, -0.2) is 0 Å². The molecule has 0 aromatic heterocycles. The monoisotopic (exact) mass is 325 g/mol. The third-order valence-electron chi connectivity index (χ3n) is 3.67. The summed E-state index contributed by atoms with van der Waals surface area (Å²) in [5.74, 6) is -0.157. The van der Waals surface area contributed by atoms with Crippen molar-refractivity contribution < 1.29 is 13.2 Å². The molecule has 0 spiro atoms. The quantitative estimate of drug-likeness (QED) is 0.919. The lowest BCUT2D eigenvalue weighted by atomic mass is 10.2. The van der Waals surface area contributed by atoms with Crippen molar-refractivity contribution in [2.45, 2.75) is 25.7 Å². The fourth-order valence-corrected chi connectivity index (χ4v) is 3.76. The van der Waals surface area contributed by atoms with Gasteiger partial charge in [-0.05, 0) is 31.0 Å². The van der Waals surface area contributed by atoms with E-state index in [1.807, 2.05) is 0 Å². The predicted molar refractivity (Wildman–Crippen MR) is 87.0 cm³/mol. The van der Waals surface area contributed by atoms with Gasteiger partial charge in [0.1, 0.15) is 0 Å². The number of anilines is 1. The van der Waals surface area contributed by atoms with Crippen LogP contribution in [0.4, 0.5) is 5.69 Å². The Labute approximate surface area is 132 Å². The Morgan fingerprint density at radius 2 is 1.77 bits per heavy atom. The smallest absolute Gasteiger partial charge is 0.301 e. The first kappa shape index (κ1) is 16.8. The van der Waals surface area contributed by atoms with E-state index >= 15 is 0 Å². The van der Waals surface area contributed by atoms with Crippen molar-refractivity contribution in [3.63, 3.8) is 0 Å². The van der Waals surface area contributed by atoms with Crippen LogP contribution < -0.4 is 4.72 Å².